The second-order valence-corrected chi connectivity index (χ2v) is 10.8. The van der Waals surface area contributed by atoms with Crippen LogP contribution in [0.5, 0.6) is 0 Å². The van der Waals surface area contributed by atoms with Crippen LogP contribution in [0.2, 0.25) is 0 Å². The minimum Gasteiger partial charge on any atom is -0.463 e. The molecule has 0 aliphatic carbocycles. The van der Waals surface area contributed by atoms with E-state index in [1.807, 2.05) is 31.2 Å². The van der Waals surface area contributed by atoms with Crippen molar-refractivity contribution in [1.82, 2.24) is 14.8 Å². The molecule has 2 aromatic carbocycles. The first kappa shape index (κ1) is 34.4. The summed E-state index contributed by atoms with van der Waals surface area (Å²) in [5, 5.41) is 9.65. The highest BCUT2D eigenvalue weighted by atomic mass is 19.4. The lowest BCUT2D eigenvalue weighted by atomic mass is 9.90. The number of hydrogen-bond donors (Lipinski definition) is 1. The predicted molar refractivity (Wildman–Crippen MR) is 154 cm³/mol. The van der Waals surface area contributed by atoms with Crippen LogP contribution in [0.4, 0.5) is 26.3 Å². The number of carbonyl (C=O) groups excluding carboxylic acids is 1. The number of halogens is 6. The summed E-state index contributed by atoms with van der Waals surface area (Å²) in [4.78, 5) is 21.2. The van der Waals surface area contributed by atoms with Crippen molar-refractivity contribution in [3.63, 3.8) is 0 Å². The number of esters is 1. The summed E-state index contributed by atoms with van der Waals surface area (Å²) in [6.45, 7) is 6.21. The Morgan fingerprint density at radius 1 is 0.844 bits per heavy atom. The van der Waals surface area contributed by atoms with E-state index in [9.17, 15) is 36.2 Å². The van der Waals surface area contributed by atoms with Crippen LogP contribution in [0, 0.1) is 0 Å². The van der Waals surface area contributed by atoms with Crippen LogP contribution in [0.15, 0.2) is 73.1 Å². The van der Waals surface area contributed by atoms with Gasteiger partial charge in [-0.1, -0.05) is 48.5 Å². The Hall–Kier alpha value is -3.52. The van der Waals surface area contributed by atoms with Gasteiger partial charge in [0.05, 0.1) is 13.0 Å². The molecule has 244 valence electrons. The zero-order valence-electron chi connectivity index (χ0n) is 24.7. The monoisotopic (exact) mass is 639 g/mol. The molecule has 0 amide bonds. The van der Waals surface area contributed by atoms with Gasteiger partial charge in [0.1, 0.15) is 6.61 Å². The van der Waals surface area contributed by atoms with Gasteiger partial charge in [-0.3, -0.25) is 19.6 Å². The van der Waals surface area contributed by atoms with Crippen LogP contribution in [-0.2, 0) is 33.0 Å². The molecule has 45 heavy (non-hydrogen) atoms. The first-order chi connectivity index (χ1) is 21.3. The van der Waals surface area contributed by atoms with Crippen molar-refractivity contribution in [2.24, 2.45) is 0 Å². The van der Waals surface area contributed by atoms with E-state index in [1.54, 1.807) is 24.5 Å². The predicted octanol–water partition coefficient (Wildman–Crippen LogP) is 5.72. The molecule has 1 aliphatic heterocycles. The van der Waals surface area contributed by atoms with Gasteiger partial charge in [-0.25, -0.2) is 0 Å². The van der Waals surface area contributed by atoms with E-state index in [0.717, 1.165) is 29.8 Å². The second kappa shape index (κ2) is 14.7. The quantitative estimate of drug-likeness (QED) is 0.155. The Morgan fingerprint density at radius 2 is 1.42 bits per heavy atom. The third-order valence-electron chi connectivity index (χ3n) is 7.74. The molecule has 0 saturated carbocycles. The molecule has 0 bridgehead atoms. The van der Waals surface area contributed by atoms with Crippen molar-refractivity contribution < 1.29 is 45.7 Å². The Morgan fingerprint density at radius 3 is 2.00 bits per heavy atom. The Kier molecular flexibility index (Phi) is 11.2. The number of nitrogens with zero attached hydrogens (tertiary/aromatic N) is 3. The molecule has 4 rings (SSSR count). The molecular weight excluding hydrogens is 604 g/mol. The van der Waals surface area contributed by atoms with Gasteiger partial charge in [0.15, 0.2) is 0 Å². The van der Waals surface area contributed by atoms with Crippen LogP contribution in [0.25, 0.3) is 11.1 Å². The number of benzene rings is 2. The average molecular weight is 640 g/mol. The van der Waals surface area contributed by atoms with Crippen molar-refractivity contribution >= 4 is 5.97 Å². The number of aromatic nitrogens is 1. The average Bonchev–Trinajstić information content (AvgIpc) is 3.00. The fourth-order valence-electron chi connectivity index (χ4n) is 5.29. The molecule has 0 spiro atoms. The molecule has 13 heteroatoms. The van der Waals surface area contributed by atoms with E-state index in [-0.39, 0.29) is 25.0 Å². The number of rotatable bonds is 12. The van der Waals surface area contributed by atoms with E-state index in [2.05, 4.69) is 14.8 Å². The van der Waals surface area contributed by atoms with Gasteiger partial charge < -0.3 is 14.6 Å². The first-order valence-electron chi connectivity index (χ1n) is 14.5. The molecule has 3 aromatic rings. The van der Waals surface area contributed by atoms with E-state index in [0.29, 0.717) is 62.7 Å². The zero-order valence-corrected chi connectivity index (χ0v) is 24.7. The standard InChI is InChI=1S/C32H35F6N3O4/c1-2-44-17-18-45-29(42)19-28-22-40(20-24-11-13-39-14-12-24)15-16-41(28)21-23-3-5-25(6-4-23)26-7-9-27(10-8-26)30(43,31(33,34)35)32(36,37)38/h3-14,28,43H,2,15-22H2,1H3/t28-/m0/s1. The second-order valence-electron chi connectivity index (χ2n) is 10.8. The van der Waals surface area contributed by atoms with Gasteiger partial charge in [-0.15, -0.1) is 0 Å². The Bertz CT molecular complexity index is 1350. The number of carbonyl (C=O) groups is 1. The highest BCUT2D eigenvalue weighted by Gasteiger charge is 2.71. The fourth-order valence-corrected chi connectivity index (χ4v) is 5.29. The maximum absolute atomic E-state index is 13.2. The molecule has 2 heterocycles. The maximum atomic E-state index is 13.2. The Balaban J connectivity index is 1.45. The molecule has 1 N–H and O–H groups in total. The largest absolute Gasteiger partial charge is 0.463 e. The third-order valence-corrected chi connectivity index (χ3v) is 7.74. The Labute approximate surface area is 257 Å². The van der Waals surface area contributed by atoms with Gasteiger partial charge in [-0.05, 0) is 41.3 Å². The molecule has 7 nitrogen and oxygen atoms in total. The molecule has 1 aliphatic rings. The number of pyridine rings is 1. The molecule has 0 unspecified atom stereocenters. The summed E-state index contributed by atoms with van der Waals surface area (Å²) in [6.07, 6.45) is -8.23. The smallest absolute Gasteiger partial charge is 0.430 e. The van der Waals surface area contributed by atoms with E-state index < -0.39 is 23.5 Å². The van der Waals surface area contributed by atoms with Crippen molar-refractivity contribution in [3.8, 4) is 11.1 Å². The minimum absolute atomic E-state index is 0.131. The van der Waals surface area contributed by atoms with Gasteiger partial charge in [-0.2, -0.15) is 26.3 Å². The van der Waals surface area contributed by atoms with Crippen LogP contribution in [-0.4, -0.2) is 83.7 Å². The number of piperazine rings is 1. The number of alkyl halides is 6. The molecule has 0 radical (unpaired) electrons. The maximum Gasteiger partial charge on any atom is 0.430 e. The van der Waals surface area contributed by atoms with Crippen molar-refractivity contribution in [3.05, 3.63) is 89.7 Å². The molecule has 1 atom stereocenters. The van der Waals surface area contributed by atoms with Crippen LogP contribution in [0.3, 0.4) is 0 Å². The van der Waals surface area contributed by atoms with Crippen LogP contribution < -0.4 is 0 Å². The number of aliphatic hydroxyl groups is 1. The summed E-state index contributed by atoms with van der Waals surface area (Å²) >= 11 is 0. The lowest BCUT2D eigenvalue weighted by Gasteiger charge is -2.41. The lowest BCUT2D eigenvalue weighted by Crippen LogP contribution is -2.53. The SMILES string of the molecule is CCOCCOC(=O)C[C@H]1CN(Cc2ccncc2)CCN1Cc1ccc(-c2ccc(C(O)(C(F)(F)F)C(F)(F)F)cc2)cc1. The summed E-state index contributed by atoms with van der Waals surface area (Å²) in [5.41, 5.74) is -3.30. The molecular formula is C32H35F6N3O4. The number of ether oxygens (including phenoxy) is 2. The van der Waals surface area contributed by atoms with E-state index in [4.69, 9.17) is 9.47 Å². The summed E-state index contributed by atoms with van der Waals surface area (Å²) in [6, 6.07) is 14.4. The highest BCUT2D eigenvalue weighted by molar-refractivity contribution is 5.70. The van der Waals surface area contributed by atoms with E-state index in [1.165, 1.54) is 0 Å². The molecule has 1 fully saturated rings. The van der Waals surface area contributed by atoms with Gasteiger partial charge in [0, 0.05) is 63.3 Å². The van der Waals surface area contributed by atoms with E-state index >= 15 is 0 Å². The van der Waals surface area contributed by atoms with Crippen molar-refractivity contribution in [1.29, 1.82) is 0 Å². The van der Waals surface area contributed by atoms with Gasteiger partial charge >= 0.3 is 18.3 Å². The number of hydrogen-bond acceptors (Lipinski definition) is 7. The van der Waals surface area contributed by atoms with Crippen LogP contribution >= 0.6 is 0 Å². The topological polar surface area (TPSA) is 75.1 Å². The first-order valence-corrected chi connectivity index (χ1v) is 14.5. The third kappa shape index (κ3) is 8.60. The fraction of sp³-hybridized carbons (Fsp3) is 0.438. The van der Waals surface area contributed by atoms with Crippen molar-refractivity contribution in [2.75, 3.05) is 39.5 Å². The van der Waals surface area contributed by atoms with Crippen molar-refractivity contribution in [2.45, 2.75) is 50.4 Å². The van der Waals surface area contributed by atoms with Crippen LogP contribution in [0.1, 0.15) is 30.0 Å². The molecule has 1 saturated heterocycles. The normalized spacial score (nSPS) is 16.9. The lowest BCUT2D eigenvalue weighted by molar-refractivity contribution is -0.376. The highest BCUT2D eigenvalue weighted by Crippen LogP contribution is 2.50. The van der Waals surface area contributed by atoms with Gasteiger partial charge in [0.25, 0.3) is 5.60 Å². The summed E-state index contributed by atoms with van der Waals surface area (Å²) in [7, 11) is 0. The molecule has 1 aromatic heterocycles. The summed E-state index contributed by atoms with van der Waals surface area (Å²) in [5.74, 6) is -0.322. The summed E-state index contributed by atoms with van der Waals surface area (Å²) < 4.78 is 90.0. The van der Waals surface area contributed by atoms with Gasteiger partial charge in [0.2, 0.25) is 0 Å². The minimum atomic E-state index is -5.95. The zero-order chi connectivity index (χ0) is 32.7.